The Morgan fingerprint density at radius 3 is 2.56 bits per heavy atom. The monoisotopic (exact) mass is 342 g/mol. The van der Waals surface area contributed by atoms with Crippen molar-refractivity contribution in [2.24, 2.45) is 5.10 Å². The molecule has 0 bridgehead atoms. The zero-order valence-electron chi connectivity index (χ0n) is 14.5. The van der Waals surface area contributed by atoms with Gasteiger partial charge >= 0.3 is 5.69 Å². The van der Waals surface area contributed by atoms with Gasteiger partial charge in [-0.25, -0.2) is 9.80 Å². The van der Waals surface area contributed by atoms with Gasteiger partial charge in [0.1, 0.15) is 13.1 Å². The molecule has 1 saturated heterocycles. The van der Waals surface area contributed by atoms with Gasteiger partial charge in [0, 0.05) is 5.69 Å². The van der Waals surface area contributed by atoms with Crippen LogP contribution in [-0.2, 0) is 0 Å². The van der Waals surface area contributed by atoms with Crippen molar-refractivity contribution in [3.8, 4) is 11.6 Å². The molecule has 1 aliphatic rings. The summed E-state index contributed by atoms with van der Waals surface area (Å²) in [5, 5.41) is 18.0. The van der Waals surface area contributed by atoms with Crippen LogP contribution in [0.2, 0.25) is 0 Å². The molecule has 2 heterocycles. The molecule has 0 spiro atoms. The van der Waals surface area contributed by atoms with Crippen molar-refractivity contribution >= 4 is 6.21 Å². The number of benzene rings is 1. The van der Waals surface area contributed by atoms with Crippen molar-refractivity contribution in [1.29, 1.82) is 0 Å². The summed E-state index contributed by atoms with van der Waals surface area (Å²) in [6.07, 6.45) is 4.65. The molecule has 0 atom stereocenters. The van der Waals surface area contributed by atoms with Gasteiger partial charge in [0.2, 0.25) is 0 Å². The van der Waals surface area contributed by atoms with Gasteiger partial charge in [-0.2, -0.15) is 0 Å². The lowest BCUT2D eigenvalue weighted by Gasteiger charge is -2.20. The van der Waals surface area contributed by atoms with Gasteiger partial charge in [-0.05, 0) is 62.2 Å². The topological polar surface area (TPSA) is 94.7 Å². The van der Waals surface area contributed by atoms with Crippen LogP contribution >= 0.6 is 0 Å². The number of rotatable bonds is 3. The summed E-state index contributed by atoms with van der Waals surface area (Å²) in [6.45, 7) is 5.63. The molecular weight excluding hydrogens is 320 g/mol. The van der Waals surface area contributed by atoms with Gasteiger partial charge < -0.3 is 5.11 Å². The van der Waals surface area contributed by atoms with Gasteiger partial charge in [-0.15, -0.1) is 0 Å². The van der Waals surface area contributed by atoms with Crippen LogP contribution in [0.3, 0.4) is 0 Å². The minimum Gasteiger partial charge on any atom is -0.859 e. The van der Waals surface area contributed by atoms with Gasteiger partial charge in [0.15, 0.2) is 0 Å². The van der Waals surface area contributed by atoms with Gasteiger partial charge in [-0.1, -0.05) is 11.2 Å². The largest absolute Gasteiger partial charge is 0.859 e. The molecule has 132 valence electrons. The van der Waals surface area contributed by atoms with Crippen LogP contribution in [0.15, 0.2) is 32.9 Å². The second kappa shape index (κ2) is 7.06. The second-order valence-corrected chi connectivity index (χ2v) is 6.47. The van der Waals surface area contributed by atoms with E-state index in [1.54, 1.807) is 12.1 Å². The molecule has 7 nitrogen and oxygen atoms in total. The Kier molecular flexibility index (Phi) is 4.85. The molecule has 1 aliphatic heterocycles. The van der Waals surface area contributed by atoms with E-state index in [0.717, 1.165) is 46.6 Å². The van der Waals surface area contributed by atoms with E-state index >= 15 is 0 Å². The van der Waals surface area contributed by atoms with Crippen LogP contribution in [-0.4, -0.2) is 28.9 Å². The maximum atomic E-state index is 12.7. The van der Waals surface area contributed by atoms with E-state index in [2.05, 4.69) is 10.1 Å². The third-order valence-electron chi connectivity index (χ3n) is 4.66. The van der Waals surface area contributed by atoms with E-state index in [1.165, 1.54) is 12.6 Å². The molecule has 1 aromatic carbocycles. The number of aryl methyl sites for hydroxylation is 2. The first-order valence-electron chi connectivity index (χ1n) is 8.50. The van der Waals surface area contributed by atoms with Crippen molar-refractivity contribution < 1.29 is 10.1 Å². The highest BCUT2D eigenvalue weighted by atomic mass is 16.3. The van der Waals surface area contributed by atoms with E-state index in [-0.39, 0.29) is 5.56 Å². The number of nitrogens with one attached hydrogen (secondary N) is 2. The molecule has 1 aromatic heterocycles. The first kappa shape index (κ1) is 17.2. The third-order valence-corrected chi connectivity index (χ3v) is 4.66. The fourth-order valence-corrected chi connectivity index (χ4v) is 2.99. The molecule has 0 saturated carbocycles. The zero-order valence-corrected chi connectivity index (χ0v) is 14.5. The Balaban J connectivity index is 2.05. The first-order chi connectivity index (χ1) is 12.0. The number of quaternary nitrogens is 1. The first-order valence-corrected chi connectivity index (χ1v) is 8.50. The van der Waals surface area contributed by atoms with Crippen LogP contribution in [0.25, 0.3) is 5.69 Å². The normalized spacial score (nSPS) is 15.8. The number of piperidine rings is 1. The lowest BCUT2D eigenvalue weighted by Crippen LogP contribution is -3.08. The predicted molar refractivity (Wildman–Crippen MR) is 93.7 cm³/mol. The Hall–Kier alpha value is -2.67. The Morgan fingerprint density at radius 2 is 1.88 bits per heavy atom. The van der Waals surface area contributed by atoms with E-state index in [0.29, 0.717) is 5.69 Å². The number of H-pyrrole nitrogens is 1. The summed E-state index contributed by atoms with van der Waals surface area (Å²) in [6, 6.07) is 5.29. The van der Waals surface area contributed by atoms with Gasteiger partial charge in [0.25, 0.3) is 5.56 Å². The van der Waals surface area contributed by atoms with Crippen molar-refractivity contribution in [2.45, 2.75) is 33.1 Å². The summed E-state index contributed by atoms with van der Waals surface area (Å²) >= 11 is 0. The van der Waals surface area contributed by atoms with Crippen molar-refractivity contribution in [1.82, 2.24) is 9.55 Å². The molecular formula is C18H22N4O3. The molecule has 0 amide bonds. The molecule has 1 fully saturated rings. The average molecular weight is 342 g/mol. The predicted octanol–water partition coefficient (Wildman–Crippen LogP) is -0.381. The fourth-order valence-electron chi connectivity index (χ4n) is 2.99. The Bertz CT molecular complexity index is 921. The number of nitrogens with zero attached hydrogens (tertiary/aromatic N) is 2. The SMILES string of the molecule is Cc1ccc(-n2c([O-])c(/C=N/[NH+]3CCCCC3)c(=O)[nH]c2=O)cc1C. The minimum absolute atomic E-state index is 0.115. The van der Waals surface area contributed by atoms with Crippen LogP contribution in [0.5, 0.6) is 5.88 Å². The van der Waals surface area contributed by atoms with Crippen molar-refractivity contribution in [3.63, 3.8) is 0 Å². The van der Waals surface area contributed by atoms with E-state index < -0.39 is 17.1 Å². The molecule has 0 unspecified atom stereocenters. The molecule has 0 radical (unpaired) electrons. The number of hydrogen-bond acceptors (Lipinski definition) is 4. The standard InChI is InChI=1S/C18H22N4O3/c1-12-6-7-14(10-13(12)2)22-17(24)15(16(23)20-18(22)25)11-19-21-8-4-3-5-9-21/h6-7,10-11,24H,3-5,8-9H2,1-2H3,(H,20,23,25)/b19-11+. The summed E-state index contributed by atoms with van der Waals surface area (Å²) < 4.78 is 0.987. The fraction of sp³-hybridized carbons (Fsp3) is 0.389. The molecule has 25 heavy (non-hydrogen) atoms. The van der Waals surface area contributed by atoms with Crippen LogP contribution in [0, 0.1) is 13.8 Å². The van der Waals surface area contributed by atoms with E-state index in [1.807, 2.05) is 19.9 Å². The molecule has 7 heteroatoms. The van der Waals surface area contributed by atoms with Crippen molar-refractivity contribution in [2.75, 3.05) is 13.1 Å². The number of hydrogen-bond donors (Lipinski definition) is 2. The Labute approximate surface area is 145 Å². The van der Waals surface area contributed by atoms with Gasteiger partial charge in [-0.3, -0.25) is 14.3 Å². The highest BCUT2D eigenvalue weighted by molar-refractivity contribution is 5.81. The van der Waals surface area contributed by atoms with E-state index in [9.17, 15) is 14.7 Å². The quantitative estimate of drug-likeness (QED) is 0.745. The number of aromatic amines is 1. The maximum Gasteiger partial charge on any atom is 0.332 e. The number of aromatic nitrogens is 2. The van der Waals surface area contributed by atoms with Gasteiger partial charge in [0.05, 0.1) is 11.8 Å². The lowest BCUT2D eigenvalue weighted by molar-refractivity contribution is -0.911. The highest BCUT2D eigenvalue weighted by Crippen LogP contribution is 2.16. The average Bonchev–Trinajstić information content (AvgIpc) is 2.58. The molecule has 0 aliphatic carbocycles. The van der Waals surface area contributed by atoms with E-state index in [4.69, 9.17) is 0 Å². The molecule has 2 aromatic rings. The zero-order chi connectivity index (χ0) is 18.0. The van der Waals surface area contributed by atoms with Crippen LogP contribution in [0.4, 0.5) is 0 Å². The minimum atomic E-state index is -0.735. The summed E-state index contributed by atoms with van der Waals surface area (Å²) in [5.74, 6) is -0.642. The third kappa shape index (κ3) is 3.56. The summed E-state index contributed by atoms with van der Waals surface area (Å²) in [5.41, 5.74) is 0.910. The van der Waals surface area contributed by atoms with Crippen LogP contribution < -0.4 is 21.4 Å². The Morgan fingerprint density at radius 1 is 1.16 bits per heavy atom. The second-order valence-electron chi connectivity index (χ2n) is 6.47. The van der Waals surface area contributed by atoms with Crippen LogP contribution in [0.1, 0.15) is 36.0 Å². The summed E-state index contributed by atoms with van der Waals surface area (Å²) in [7, 11) is 0. The smallest absolute Gasteiger partial charge is 0.332 e. The summed E-state index contributed by atoms with van der Waals surface area (Å²) in [4.78, 5) is 26.5. The lowest BCUT2D eigenvalue weighted by atomic mass is 10.1. The highest BCUT2D eigenvalue weighted by Gasteiger charge is 2.13. The maximum absolute atomic E-state index is 12.7. The molecule has 3 rings (SSSR count). The molecule has 2 N–H and O–H groups in total. The van der Waals surface area contributed by atoms with Crippen molar-refractivity contribution in [3.05, 3.63) is 55.7 Å².